The molecule has 4 rings (SSSR count). The first kappa shape index (κ1) is 20.6. The minimum Gasteiger partial charge on any atom is -0.497 e. The maximum atomic E-state index is 6.19. The molecular formula is C21H19ClN4O2S2. The molecule has 30 heavy (non-hydrogen) atoms. The Labute approximate surface area is 187 Å². The fourth-order valence-electron chi connectivity index (χ4n) is 2.76. The number of rotatable bonds is 7. The van der Waals surface area contributed by atoms with Crippen LogP contribution in [0.5, 0.6) is 11.5 Å². The minimum atomic E-state index is 0.593. The van der Waals surface area contributed by atoms with Gasteiger partial charge < -0.3 is 19.5 Å². The van der Waals surface area contributed by atoms with Gasteiger partial charge in [0, 0.05) is 28.8 Å². The van der Waals surface area contributed by atoms with E-state index in [1.54, 1.807) is 25.6 Å². The van der Waals surface area contributed by atoms with Gasteiger partial charge in [0.15, 0.2) is 11.6 Å². The lowest BCUT2D eigenvalue weighted by atomic mass is 10.2. The molecular weight excluding hydrogens is 440 g/mol. The van der Waals surface area contributed by atoms with Crippen LogP contribution in [0.4, 0.5) is 17.3 Å². The zero-order chi connectivity index (χ0) is 21.1. The van der Waals surface area contributed by atoms with E-state index in [-0.39, 0.29) is 0 Å². The SMILES string of the molecule is COc1cc(Nc2nc3ccccc3nc2NSc2cc(Cl)c(C)s2)cc(OC)c1. The van der Waals surface area contributed by atoms with Crippen LogP contribution in [0.3, 0.4) is 0 Å². The first-order valence-electron chi connectivity index (χ1n) is 9.01. The molecule has 6 nitrogen and oxygen atoms in total. The normalized spacial score (nSPS) is 10.8. The standard InChI is InChI=1S/C21H19ClN4O2S2/c1-12-16(22)11-19(29-12)30-26-21-20(24-17-6-4-5-7-18(17)25-21)23-13-8-14(27-2)10-15(9-13)28-3/h4-11H,1-3H3,(H,23,24)(H,25,26). The molecule has 2 aromatic carbocycles. The number of halogens is 1. The number of thiophene rings is 1. The quantitative estimate of drug-likeness (QED) is 0.305. The third-order valence-electron chi connectivity index (χ3n) is 4.27. The van der Waals surface area contributed by atoms with Gasteiger partial charge in [0.1, 0.15) is 11.5 Å². The van der Waals surface area contributed by atoms with Gasteiger partial charge in [-0.3, -0.25) is 0 Å². The third kappa shape index (κ3) is 4.56. The second-order valence-electron chi connectivity index (χ2n) is 6.31. The number of nitrogens with one attached hydrogen (secondary N) is 2. The average Bonchev–Trinajstić information content (AvgIpc) is 3.09. The van der Waals surface area contributed by atoms with Crippen LogP contribution in [0.25, 0.3) is 11.0 Å². The van der Waals surface area contributed by atoms with Crippen LogP contribution in [0.2, 0.25) is 5.02 Å². The molecule has 2 heterocycles. The first-order valence-corrected chi connectivity index (χ1v) is 11.0. The Kier molecular flexibility index (Phi) is 6.17. The lowest BCUT2D eigenvalue weighted by molar-refractivity contribution is 0.395. The fourth-order valence-corrected chi connectivity index (χ4v) is 4.93. The molecule has 0 radical (unpaired) electrons. The molecule has 0 bridgehead atoms. The van der Waals surface area contributed by atoms with Gasteiger partial charge >= 0.3 is 0 Å². The van der Waals surface area contributed by atoms with Crippen molar-refractivity contribution in [1.82, 2.24) is 9.97 Å². The molecule has 0 aliphatic carbocycles. The zero-order valence-corrected chi connectivity index (χ0v) is 18.9. The summed E-state index contributed by atoms with van der Waals surface area (Å²) in [7, 11) is 3.23. The van der Waals surface area contributed by atoms with Crippen LogP contribution >= 0.6 is 34.9 Å². The van der Waals surface area contributed by atoms with E-state index in [1.165, 1.54) is 11.9 Å². The van der Waals surface area contributed by atoms with Gasteiger partial charge in [-0.2, -0.15) is 0 Å². The van der Waals surface area contributed by atoms with E-state index >= 15 is 0 Å². The molecule has 4 aromatic rings. The topological polar surface area (TPSA) is 68.3 Å². The van der Waals surface area contributed by atoms with Crippen LogP contribution in [0.15, 0.2) is 52.7 Å². The molecule has 9 heteroatoms. The Morgan fingerprint density at radius 3 is 2.13 bits per heavy atom. The molecule has 0 atom stereocenters. The van der Waals surface area contributed by atoms with E-state index in [2.05, 4.69) is 10.0 Å². The molecule has 0 spiro atoms. The fraction of sp³-hybridized carbons (Fsp3) is 0.143. The van der Waals surface area contributed by atoms with Crippen molar-refractivity contribution >= 4 is 63.2 Å². The highest BCUT2D eigenvalue weighted by Crippen LogP contribution is 2.36. The van der Waals surface area contributed by atoms with Gasteiger partial charge in [-0.1, -0.05) is 23.7 Å². The van der Waals surface area contributed by atoms with E-state index < -0.39 is 0 Å². The molecule has 0 aliphatic rings. The van der Waals surface area contributed by atoms with Crippen LogP contribution in [0.1, 0.15) is 4.88 Å². The maximum Gasteiger partial charge on any atom is 0.180 e. The Morgan fingerprint density at radius 2 is 1.57 bits per heavy atom. The third-order valence-corrected chi connectivity index (χ3v) is 6.73. The van der Waals surface area contributed by atoms with E-state index in [0.29, 0.717) is 23.1 Å². The molecule has 0 amide bonds. The number of hydrogen-bond acceptors (Lipinski definition) is 8. The predicted octanol–water partition coefficient (Wildman–Crippen LogP) is 6.53. The van der Waals surface area contributed by atoms with Crippen LogP contribution in [0, 0.1) is 6.92 Å². The maximum absolute atomic E-state index is 6.19. The van der Waals surface area contributed by atoms with Crippen LogP contribution in [-0.4, -0.2) is 24.2 Å². The number of methoxy groups -OCH3 is 2. The lowest BCUT2D eigenvalue weighted by Crippen LogP contribution is -2.02. The smallest absolute Gasteiger partial charge is 0.180 e. The lowest BCUT2D eigenvalue weighted by Gasteiger charge is -2.14. The Morgan fingerprint density at radius 1 is 0.933 bits per heavy atom. The summed E-state index contributed by atoms with van der Waals surface area (Å²) in [5.41, 5.74) is 2.37. The summed E-state index contributed by atoms with van der Waals surface area (Å²) in [6, 6.07) is 15.2. The second kappa shape index (κ2) is 8.99. The summed E-state index contributed by atoms with van der Waals surface area (Å²) in [5, 5.41) is 4.09. The zero-order valence-electron chi connectivity index (χ0n) is 16.5. The summed E-state index contributed by atoms with van der Waals surface area (Å²) in [6.07, 6.45) is 0. The molecule has 0 aliphatic heterocycles. The molecule has 154 valence electrons. The Bertz CT molecular complexity index is 1160. The van der Waals surface area contributed by atoms with Gasteiger partial charge in [-0.25, -0.2) is 9.97 Å². The number of aromatic nitrogens is 2. The van der Waals surface area contributed by atoms with Crippen molar-refractivity contribution in [2.45, 2.75) is 11.1 Å². The van der Waals surface area contributed by atoms with Crippen molar-refractivity contribution in [1.29, 1.82) is 0 Å². The summed E-state index contributed by atoms with van der Waals surface area (Å²) >= 11 is 9.26. The molecule has 2 N–H and O–H groups in total. The van der Waals surface area contributed by atoms with E-state index in [0.717, 1.165) is 30.8 Å². The largest absolute Gasteiger partial charge is 0.497 e. The van der Waals surface area contributed by atoms with E-state index in [4.69, 9.17) is 31.0 Å². The summed E-state index contributed by atoms with van der Waals surface area (Å²) < 4.78 is 15.1. The number of hydrogen-bond donors (Lipinski definition) is 2. The number of benzene rings is 2. The van der Waals surface area contributed by atoms with Crippen molar-refractivity contribution in [3.8, 4) is 11.5 Å². The van der Waals surface area contributed by atoms with Crippen molar-refractivity contribution in [3.05, 3.63) is 58.4 Å². The van der Waals surface area contributed by atoms with E-state index in [9.17, 15) is 0 Å². The second-order valence-corrected chi connectivity index (χ2v) is 9.08. The van der Waals surface area contributed by atoms with E-state index in [1.807, 2.05) is 55.5 Å². The summed E-state index contributed by atoms with van der Waals surface area (Å²) in [4.78, 5) is 10.6. The number of para-hydroxylation sites is 2. The molecule has 0 fully saturated rings. The number of nitrogens with zero attached hydrogens (tertiary/aromatic N) is 2. The molecule has 0 saturated carbocycles. The highest BCUT2D eigenvalue weighted by molar-refractivity contribution is 8.02. The first-order chi connectivity index (χ1) is 14.6. The number of anilines is 3. The number of ether oxygens (including phenoxy) is 2. The monoisotopic (exact) mass is 458 g/mol. The highest BCUT2D eigenvalue weighted by Gasteiger charge is 2.12. The van der Waals surface area contributed by atoms with Gasteiger partial charge in [-0.15, -0.1) is 11.3 Å². The summed E-state index contributed by atoms with van der Waals surface area (Å²) in [6.45, 7) is 2.00. The average molecular weight is 459 g/mol. The van der Waals surface area contributed by atoms with Gasteiger partial charge in [-0.05, 0) is 37.1 Å². The van der Waals surface area contributed by atoms with Crippen molar-refractivity contribution in [2.24, 2.45) is 0 Å². The minimum absolute atomic E-state index is 0.593. The molecule has 0 saturated heterocycles. The van der Waals surface area contributed by atoms with Crippen molar-refractivity contribution in [3.63, 3.8) is 0 Å². The number of fused-ring (bicyclic) bond motifs is 1. The predicted molar refractivity (Wildman–Crippen MR) is 126 cm³/mol. The van der Waals surface area contributed by atoms with Gasteiger partial charge in [0.2, 0.25) is 0 Å². The number of aryl methyl sites for hydroxylation is 1. The van der Waals surface area contributed by atoms with Crippen molar-refractivity contribution < 1.29 is 9.47 Å². The Hall–Kier alpha value is -2.68. The van der Waals surface area contributed by atoms with Crippen molar-refractivity contribution in [2.75, 3.05) is 24.3 Å². The van der Waals surface area contributed by atoms with Crippen LogP contribution in [-0.2, 0) is 0 Å². The van der Waals surface area contributed by atoms with Gasteiger partial charge in [0.05, 0.1) is 34.5 Å². The van der Waals surface area contributed by atoms with Crippen LogP contribution < -0.4 is 19.5 Å². The molecule has 0 unspecified atom stereocenters. The van der Waals surface area contributed by atoms with Gasteiger partial charge in [0.25, 0.3) is 0 Å². The Balaban J connectivity index is 1.69. The molecule has 2 aromatic heterocycles. The summed E-state index contributed by atoms with van der Waals surface area (Å²) in [5.74, 6) is 2.56. The highest BCUT2D eigenvalue weighted by atomic mass is 35.5.